The van der Waals surface area contributed by atoms with Gasteiger partial charge in [0.25, 0.3) is 5.91 Å². The third kappa shape index (κ3) is 7.20. The third-order valence-corrected chi connectivity index (χ3v) is 7.07. The molecule has 2 aliphatic rings. The van der Waals surface area contributed by atoms with Gasteiger partial charge in [0.15, 0.2) is 6.04 Å². The molecule has 0 radical (unpaired) electrons. The molecule has 13 heteroatoms. The maximum atomic E-state index is 14.2. The van der Waals surface area contributed by atoms with Crippen molar-refractivity contribution in [3.63, 3.8) is 0 Å². The number of alkyl halides is 3. The first-order chi connectivity index (χ1) is 19.3. The number of aromatic nitrogens is 1. The van der Waals surface area contributed by atoms with Gasteiger partial charge in [-0.1, -0.05) is 32.1 Å². The highest BCUT2D eigenvalue weighted by molar-refractivity contribution is 5.93. The van der Waals surface area contributed by atoms with E-state index in [1.54, 1.807) is 26.0 Å². The van der Waals surface area contributed by atoms with Crippen molar-refractivity contribution < 1.29 is 32.3 Å². The number of halogens is 3. The van der Waals surface area contributed by atoms with E-state index in [0.29, 0.717) is 22.9 Å². The van der Waals surface area contributed by atoms with Crippen molar-refractivity contribution >= 4 is 40.5 Å². The number of nitrogens with zero attached hydrogens (tertiary/aromatic N) is 2. The highest BCUT2D eigenvalue weighted by atomic mass is 19.4. The topological polar surface area (TPSA) is 133 Å². The number of rotatable bonds is 1. The lowest BCUT2D eigenvalue weighted by Crippen LogP contribution is -2.62. The molecule has 5 bridgehead atoms. The number of hydrogen-bond acceptors (Lipinski definition) is 6. The van der Waals surface area contributed by atoms with Gasteiger partial charge in [0, 0.05) is 24.5 Å². The molecule has 0 unspecified atom stereocenters. The summed E-state index contributed by atoms with van der Waals surface area (Å²) < 4.78 is 42.5. The van der Waals surface area contributed by atoms with E-state index in [4.69, 9.17) is 0 Å². The largest absolute Gasteiger partial charge is 0.412 e. The van der Waals surface area contributed by atoms with Crippen molar-refractivity contribution in [3.05, 3.63) is 47.8 Å². The number of fused-ring (bicyclic) bond motifs is 4. The van der Waals surface area contributed by atoms with E-state index in [-0.39, 0.29) is 30.9 Å². The number of pyridine rings is 1. The van der Waals surface area contributed by atoms with E-state index in [1.165, 1.54) is 37.4 Å². The summed E-state index contributed by atoms with van der Waals surface area (Å²) in [5.41, 5.74) is 2.97. The molecule has 1 saturated heterocycles. The Kier molecular flexibility index (Phi) is 8.95. The number of hydrazine groups is 1. The Morgan fingerprint density at radius 1 is 1.00 bits per heavy atom. The number of hydrogen-bond donors (Lipinski definition) is 4. The fourth-order valence-corrected chi connectivity index (χ4v) is 4.83. The SMILES string of the molecule is CC(C)[C@@H]1NC(=O)C/C=C/c2cc3cc(ccc3cn2)[C@@H](C(F)(F)F)NC(=O)[C@@H]2CCCN(N2)C(=O)[C@H](C)NC1=O. The van der Waals surface area contributed by atoms with Crippen molar-refractivity contribution in [2.24, 2.45) is 5.92 Å². The minimum absolute atomic E-state index is 0.0774. The molecule has 2 aliphatic heterocycles. The molecule has 4 N–H and O–H groups in total. The van der Waals surface area contributed by atoms with Crippen LogP contribution in [-0.2, 0) is 19.2 Å². The number of amides is 4. The van der Waals surface area contributed by atoms with E-state index < -0.39 is 54.0 Å². The molecule has 0 spiro atoms. The van der Waals surface area contributed by atoms with Crippen LogP contribution in [0.3, 0.4) is 0 Å². The molecule has 2 aromatic rings. The fourth-order valence-electron chi connectivity index (χ4n) is 4.83. The molecule has 4 atom stereocenters. The van der Waals surface area contributed by atoms with Crippen LogP contribution in [0.5, 0.6) is 0 Å². The Labute approximate surface area is 235 Å². The number of nitrogens with one attached hydrogen (secondary N) is 4. The number of carbonyl (C=O) groups excluding carboxylic acids is 4. The van der Waals surface area contributed by atoms with Crippen LogP contribution in [-0.4, -0.2) is 64.5 Å². The van der Waals surface area contributed by atoms with Crippen LogP contribution in [0, 0.1) is 5.92 Å². The zero-order valence-electron chi connectivity index (χ0n) is 22.9. The van der Waals surface area contributed by atoms with Crippen molar-refractivity contribution in [1.82, 2.24) is 31.4 Å². The van der Waals surface area contributed by atoms with Gasteiger partial charge in [-0.3, -0.25) is 29.2 Å². The molecule has 3 heterocycles. The monoisotopic (exact) mass is 574 g/mol. The van der Waals surface area contributed by atoms with E-state index in [9.17, 15) is 32.3 Å². The lowest BCUT2D eigenvalue weighted by atomic mass is 10.0. The Hall–Kier alpha value is -4.00. The van der Waals surface area contributed by atoms with Crippen molar-refractivity contribution in [2.75, 3.05) is 6.54 Å². The maximum Gasteiger partial charge on any atom is 0.412 e. The van der Waals surface area contributed by atoms with Crippen molar-refractivity contribution in [2.45, 2.75) is 70.4 Å². The van der Waals surface area contributed by atoms with E-state index >= 15 is 0 Å². The maximum absolute atomic E-state index is 14.2. The summed E-state index contributed by atoms with van der Waals surface area (Å²) in [6.45, 7) is 5.17. The first kappa shape index (κ1) is 30.0. The van der Waals surface area contributed by atoms with Crippen LogP contribution in [0.15, 0.2) is 36.5 Å². The molecule has 0 aliphatic carbocycles. The molecule has 10 nitrogen and oxygen atoms in total. The highest BCUT2D eigenvalue weighted by Gasteiger charge is 2.43. The summed E-state index contributed by atoms with van der Waals surface area (Å²) >= 11 is 0. The summed E-state index contributed by atoms with van der Waals surface area (Å²) in [4.78, 5) is 56.0. The normalized spacial score (nSPS) is 26.0. The second-order valence-electron chi connectivity index (χ2n) is 10.6. The summed E-state index contributed by atoms with van der Waals surface area (Å²) in [6, 6.07) is 0.386. The molecule has 4 amide bonds. The van der Waals surface area contributed by atoms with E-state index in [1.807, 2.05) is 0 Å². The van der Waals surface area contributed by atoms with Crippen LogP contribution in [0.2, 0.25) is 0 Å². The average molecular weight is 575 g/mol. The second kappa shape index (κ2) is 12.2. The smallest absolute Gasteiger partial charge is 0.344 e. The molecule has 4 rings (SSSR count). The first-order valence-electron chi connectivity index (χ1n) is 13.4. The molecular weight excluding hydrogens is 541 g/mol. The minimum atomic E-state index is -4.79. The Balaban J connectivity index is 1.71. The van der Waals surface area contributed by atoms with Crippen LogP contribution in [0.4, 0.5) is 13.2 Å². The fraction of sp³-hybridized carbons (Fsp3) is 0.464. The number of benzene rings is 1. The Bertz CT molecular complexity index is 1360. The van der Waals surface area contributed by atoms with Gasteiger partial charge in [0.1, 0.15) is 18.1 Å². The van der Waals surface area contributed by atoms with Crippen molar-refractivity contribution in [1.29, 1.82) is 0 Å². The standard InChI is InChI=1S/C28H33F3N6O4/c1-15(2)23-26(40)33-16(3)27(41)37-11-5-7-21(36-37)25(39)35-24(28(29,30)31)17-9-10-18-14-32-20(13-19(18)12-17)6-4-8-22(38)34-23/h4,6,9-10,12-16,21,23-24,36H,5,7-8,11H2,1-3H3,(H,33,40)(H,34,38)(H,35,39)/b6-4+/t16-,21-,23-,24-/m0/s1. The predicted molar refractivity (Wildman–Crippen MR) is 145 cm³/mol. The zero-order valence-corrected chi connectivity index (χ0v) is 22.9. The van der Waals surface area contributed by atoms with Gasteiger partial charge in [-0.15, -0.1) is 0 Å². The quantitative estimate of drug-likeness (QED) is 0.414. The van der Waals surface area contributed by atoms with Gasteiger partial charge in [0.2, 0.25) is 17.7 Å². The highest BCUT2D eigenvalue weighted by Crippen LogP contribution is 2.34. The molecular formula is C28H33F3N6O4. The van der Waals surface area contributed by atoms with E-state index in [2.05, 4.69) is 26.4 Å². The molecule has 1 fully saturated rings. The summed E-state index contributed by atoms with van der Waals surface area (Å²) in [7, 11) is 0. The summed E-state index contributed by atoms with van der Waals surface area (Å²) in [6.07, 6.45) is 0.300. The van der Waals surface area contributed by atoms with Gasteiger partial charge in [-0.05, 0) is 54.8 Å². The van der Waals surface area contributed by atoms with Gasteiger partial charge in [0.05, 0.1) is 5.69 Å². The minimum Gasteiger partial charge on any atom is -0.344 e. The predicted octanol–water partition coefficient (Wildman–Crippen LogP) is 2.51. The van der Waals surface area contributed by atoms with Gasteiger partial charge < -0.3 is 16.0 Å². The molecule has 220 valence electrons. The average Bonchev–Trinajstić information content (AvgIpc) is 2.92. The van der Waals surface area contributed by atoms with Crippen LogP contribution in [0.25, 0.3) is 16.8 Å². The molecule has 0 saturated carbocycles. The third-order valence-electron chi connectivity index (χ3n) is 7.07. The Morgan fingerprint density at radius 2 is 1.76 bits per heavy atom. The molecule has 1 aromatic carbocycles. The lowest BCUT2D eigenvalue weighted by molar-refractivity contribution is -0.165. The summed E-state index contributed by atoms with van der Waals surface area (Å²) in [5, 5.41) is 9.60. The number of carbonyl (C=O) groups is 4. The van der Waals surface area contributed by atoms with Gasteiger partial charge in [-0.2, -0.15) is 13.2 Å². The van der Waals surface area contributed by atoms with Gasteiger partial charge >= 0.3 is 6.18 Å². The summed E-state index contributed by atoms with van der Waals surface area (Å²) in [5.74, 6) is -2.75. The van der Waals surface area contributed by atoms with Crippen LogP contribution < -0.4 is 21.4 Å². The van der Waals surface area contributed by atoms with E-state index in [0.717, 1.165) is 5.01 Å². The zero-order chi connectivity index (χ0) is 29.9. The van der Waals surface area contributed by atoms with Crippen molar-refractivity contribution in [3.8, 4) is 0 Å². The first-order valence-corrected chi connectivity index (χ1v) is 13.4. The van der Waals surface area contributed by atoms with Gasteiger partial charge in [-0.25, -0.2) is 5.43 Å². The molecule has 41 heavy (non-hydrogen) atoms. The lowest BCUT2D eigenvalue weighted by Gasteiger charge is -2.36. The molecule has 1 aromatic heterocycles. The second-order valence-corrected chi connectivity index (χ2v) is 10.6. The van der Waals surface area contributed by atoms with Crippen LogP contribution in [0.1, 0.15) is 57.3 Å². The van der Waals surface area contributed by atoms with Crippen LogP contribution >= 0.6 is 0 Å². The Morgan fingerprint density at radius 3 is 2.46 bits per heavy atom.